The summed E-state index contributed by atoms with van der Waals surface area (Å²) in [5.74, 6) is -0.649. The van der Waals surface area contributed by atoms with Crippen molar-refractivity contribution in [2.45, 2.75) is 6.61 Å². The van der Waals surface area contributed by atoms with Gasteiger partial charge in [0.25, 0.3) is 5.24 Å². The second-order valence-corrected chi connectivity index (χ2v) is 2.65. The number of pyridine rings is 1. The van der Waals surface area contributed by atoms with Crippen molar-refractivity contribution in [3.05, 3.63) is 23.4 Å². The Morgan fingerprint density at radius 3 is 2.80 bits per heavy atom. The Hall–Kier alpha value is -1.74. The Bertz CT molecular complexity index is 431. The molecule has 0 N–H and O–H groups in total. The van der Waals surface area contributed by atoms with Crippen molar-refractivity contribution in [2.75, 3.05) is 0 Å². The van der Waals surface area contributed by atoms with Crippen LogP contribution in [0, 0.1) is 11.3 Å². The molecule has 0 radical (unpaired) electrons. The minimum atomic E-state index is -3.14. The summed E-state index contributed by atoms with van der Waals surface area (Å²) in [5.41, 5.74) is -0.623. The number of alkyl halides is 2. The summed E-state index contributed by atoms with van der Waals surface area (Å²) in [6.45, 7) is -3.14. The first-order valence-corrected chi connectivity index (χ1v) is 3.97. The number of carbonyl (C=O) groups excluding carboxylic acids is 1. The molecule has 0 fully saturated rings. The van der Waals surface area contributed by atoms with Gasteiger partial charge in [-0.1, -0.05) is 0 Å². The smallest absolute Gasteiger partial charge is 0.388 e. The van der Waals surface area contributed by atoms with E-state index in [1.807, 2.05) is 0 Å². The summed E-state index contributed by atoms with van der Waals surface area (Å²) in [5, 5.41) is 7.52. The Morgan fingerprint density at radius 2 is 2.33 bits per heavy atom. The third-order valence-corrected chi connectivity index (χ3v) is 1.62. The molecule has 0 spiro atoms. The minimum absolute atomic E-state index is 0.166. The number of hydrogen-bond acceptors (Lipinski definition) is 4. The summed E-state index contributed by atoms with van der Waals surface area (Å²) in [6, 6.07) is 2.79. The summed E-state index contributed by atoms with van der Waals surface area (Å²) in [4.78, 5) is 14.3. The maximum Gasteiger partial charge on any atom is 0.388 e. The standard InChI is InChI=1S/C8H3ClF2N2O2/c9-6(14)5-4(3-12)1-2-13-7(5)15-8(10)11/h1-2,8H. The summed E-state index contributed by atoms with van der Waals surface area (Å²) in [7, 11) is 0. The SMILES string of the molecule is N#Cc1ccnc(OC(F)F)c1C(=O)Cl. The summed E-state index contributed by atoms with van der Waals surface area (Å²) >= 11 is 5.12. The van der Waals surface area contributed by atoms with Crippen LogP contribution in [0.4, 0.5) is 8.78 Å². The monoisotopic (exact) mass is 232 g/mol. The van der Waals surface area contributed by atoms with Crippen LogP contribution in [0.15, 0.2) is 12.3 Å². The van der Waals surface area contributed by atoms with Crippen molar-refractivity contribution < 1.29 is 18.3 Å². The summed E-state index contributed by atoms with van der Waals surface area (Å²) < 4.78 is 27.7. The minimum Gasteiger partial charge on any atom is -0.416 e. The molecule has 15 heavy (non-hydrogen) atoms. The number of rotatable bonds is 3. The highest BCUT2D eigenvalue weighted by atomic mass is 35.5. The lowest BCUT2D eigenvalue weighted by Crippen LogP contribution is -2.09. The lowest BCUT2D eigenvalue weighted by Gasteiger charge is -2.06. The normalized spacial score (nSPS) is 9.80. The van der Waals surface area contributed by atoms with Gasteiger partial charge in [0, 0.05) is 6.20 Å². The number of nitrogens with zero attached hydrogens (tertiary/aromatic N) is 2. The van der Waals surface area contributed by atoms with E-state index in [4.69, 9.17) is 16.9 Å². The third-order valence-electron chi connectivity index (χ3n) is 1.43. The molecule has 0 aliphatic heterocycles. The highest BCUT2D eigenvalue weighted by Crippen LogP contribution is 2.22. The highest BCUT2D eigenvalue weighted by molar-refractivity contribution is 6.68. The van der Waals surface area contributed by atoms with Gasteiger partial charge in [0.05, 0.1) is 5.56 Å². The van der Waals surface area contributed by atoms with Crippen molar-refractivity contribution >= 4 is 16.8 Å². The molecule has 0 saturated carbocycles. The van der Waals surface area contributed by atoms with Gasteiger partial charge in [0.1, 0.15) is 11.6 Å². The molecule has 1 aromatic rings. The second kappa shape index (κ2) is 4.66. The predicted octanol–water partition coefficient (Wildman–Crippen LogP) is 1.93. The number of hydrogen-bond donors (Lipinski definition) is 0. The zero-order valence-electron chi connectivity index (χ0n) is 7.08. The third kappa shape index (κ3) is 2.60. The predicted molar refractivity (Wildman–Crippen MR) is 45.8 cm³/mol. The zero-order valence-corrected chi connectivity index (χ0v) is 7.83. The van der Waals surface area contributed by atoms with Crippen LogP contribution in [0.1, 0.15) is 15.9 Å². The molecule has 0 saturated heterocycles. The van der Waals surface area contributed by atoms with Crippen LogP contribution in [0.5, 0.6) is 5.88 Å². The van der Waals surface area contributed by atoms with Crippen LogP contribution in [-0.2, 0) is 0 Å². The van der Waals surface area contributed by atoms with Crippen LogP contribution in [0.3, 0.4) is 0 Å². The van der Waals surface area contributed by atoms with Gasteiger partial charge in [0.2, 0.25) is 5.88 Å². The second-order valence-electron chi connectivity index (χ2n) is 2.30. The molecular formula is C8H3ClF2N2O2. The molecule has 7 heteroatoms. The number of halogens is 3. The van der Waals surface area contributed by atoms with E-state index in [0.717, 1.165) is 6.20 Å². The number of aromatic nitrogens is 1. The van der Waals surface area contributed by atoms with Crippen molar-refractivity contribution in [1.82, 2.24) is 4.98 Å². The molecule has 0 atom stereocenters. The Balaban J connectivity index is 3.27. The molecule has 4 nitrogen and oxygen atoms in total. The van der Waals surface area contributed by atoms with Crippen molar-refractivity contribution in [2.24, 2.45) is 0 Å². The molecule has 0 aliphatic rings. The molecule has 0 aliphatic carbocycles. The zero-order chi connectivity index (χ0) is 11.4. The van der Waals surface area contributed by atoms with E-state index in [1.54, 1.807) is 6.07 Å². The quantitative estimate of drug-likeness (QED) is 0.747. The lowest BCUT2D eigenvalue weighted by molar-refractivity contribution is -0.0531. The van der Waals surface area contributed by atoms with Gasteiger partial charge < -0.3 is 4.74 Å². The van der Waals surface area contributed by atoms with E-state index in [0.29, 0.717) is 0 Å². The fourth-order valence-corrected chi connectivity index (χ4v) is 1.08. The van der Waals surface area contributed by atoms with E-state index in [-0.39, 0.29) is 5.56 Å². The molecule has 1 aromatic heterocycles. The molecule has 0 amide bonds. The average molecular weight is 233 g/mol. The topological polar surface area (TPSA) is 63.0 Å². The van der Waals surface area contributed by atoms with Gasteiger partial charge >= 0.3 is 6.61 Å². The highest BCUT2D eigenvalue weighted by Gasteiger charge is 2.19. The fourth-order valence-electron chi connectivity index (χ4n) is 0.899. The van der Waals surface area contributed by atoms with Gasteiger partial charge in [-0.05, 0) is 17.7 Å². The van der Waals surface area contributed by atoms with E-state index >= 15 is 0 Å². The maximum absolute atomic E-state index is 11.9. The van der Waals surface area contributed by atoms with Crippen LogP contribution in [0.2, 0.25) is 0 Å². The first-order chi connectivity index (χ1) is 7.06. The first-order valence-electron chi connectivity index (χ1n) is 3.60. The molecule has 0 unspecified atom stereocenters. The fraction of sp³-hybridized carbons (Fsp3) is 0.125. The van der Waals surface area contributed by atoms with Gasteiger partial charge in [-0.2, -0.15) is 14.0 Å². The van der Waals surface area contributed by atoms with E-state index in [1.165, 1.54) is 6.07 Å². The van der Waals surface area contributed by atoms with Gasteiger partial charge in [-0.15, -0.1) is 0 Å². The van der Waals surface area contributed by atoms with Crippen molar-refractivity contribution in [1.29, 1.82) is 5.26 Å². The largest absolute Gasteiger partial charge is 0.416 e. The van der Waals surface area contributed by atoms with E-state index in [9.17, 15) is 13.6 Å². The Morgan fingerprint density at radius 1 is 1.67 bits per heavy atom. The number of carbonyl (C=O) groups is 1. The lowest BCUT2D eigenvalue weighted by atomic mass is 10.1. The maximum atomic E-state index is 11.9. The van der Waals surface area contributed by atoms with Crippen LogP contribution in [0.25, 0.3) is 0 Å². The number of nitriles is 1. The van der Waals surface area contributed by atoms with E-state index < -0.39 is 23.3 Å². The molecule has 1 heterocycles. The summed E-state index contributed by atoms with van der Waals surface area (Å²) in [6.07, 6.45) is 1.07. The van der Waals surface area contributed by atoms with Crippen LogP contribution >= 0.6 is 11.6 Å². The first kappa shape index (κ1) is 11.3. The molecular weight excluding hydrogens is 230 g/mol. The molecule has 78 valence electrons. The Kier molecular flexibility index (Phi) is 3.52. The average Bonchev–Trinajstić information content (AvgIpc) is 2.15. The van der Waals surface area contributed by atoms with Gasteiger partial charge in [0.15, 0.2) is 0 Å². The molecule has 0 aromatic carbocycles. The Labute approximate surface area is 88.0 Å². The van der Waals surface area contributed by atoms with Crippen LogP contribution in [-0.4, -0.2) is 16.8 Å². The van der Waals surface area contributed by atoms with Gasteiger partial charge in [-0.25, -0.2) is 4.98 Å². The van der Waals surface area contributed by atoms with Crippen LogP contribution < -0.4 is 4.74 Å². The van der Waals surface area contributed by atoms with Crippen molar-refractivity contribution in [3.8, 4) is 11.9 Å². The molecule has 1 rings (SSSR count). The van der Waals surface area contributed by atoms with Crippen molar-refractivity contribution in [3.63, 3.8) is 0 Å². The molecule has 0 bridgehead atoms. The van der Waals surface area contributed by atoms with Gasteiger partial charge in [-0.3, -0.25) is 4.79 Å². The van der Waals surface area contributed by atoms with E-state index in [2.05, 4.69) is 9.72 Å². The number of ether oxygens (including phenoxy) is 1.